The molecule has 3 aliphatic rings. The van der Waals surface area contributed by atoms with Gasteiger partial charge in [-0.25, -0.2) is 4.98 Å². The number of rotatable bonds is 3. The van der Waals surface area contributed by atoms with Gasteiger partial charge < -0.3 is 19.4 Å². The number of piperazine rings is 1. The lowest BCUT2D eigenvalue weighted by Gasteiger charge is -2.38. The first-order chi connectivity index (χ1) is 14.7. The average molecular weight is 408 g/mol. The molecule has 1 aromatic heterocycles. The molecule has 7 heteroatoms. The van der Waals surface area contributed by atoms with Crippen LogP contribution >= 0.6 is 0 Å². The molecule has 0 aliphatic carbocycles. The van der Waals surface area contributed by atoms with Gasteiger partial charge in [0.1, 0.15) is 11.6 Å². The van der Waals surface area contributed by atoms with E-state index in [0.717, 1.165) is 62.2 Å². The predicted octanol–water partition coefficient (Wildman–Crippen LogP) is 2.43. The highest BCUT2D eigenvalue weighted by molar-refractivity contribution is 5.82. The van der Waals surface area contributed by atoms with Crippen LogP contribution in [0.1, 0.15) is 30.5 Å². The number of ether oxygens (including phenoxy) is 1. The minimum atomic E-state index is -0.366. The normalized spacial score (nSPS) is 21.4. The fourth-order valence-electron chi connectivity index (χ4n) is 4.61. The third-order valence-electron chi connectivity index (χ3n) is 6.33. The number of hydrogen-bond acceptors (Lipinski definition) is 6. The quantitative estimate of drug-likeness (QED) is 0.779. The summed E-state index contributed by atoms with van der Waals surface area (Å²) < 4.78 is 6.02. The Bertz CT molecular complexity index is 920. The van der Waals surface area contributed by atoms with Gasteiger partial charge in [0.2, 0.25) is 5.95 Å². The zero-order valence-corrected chi connectivity index (χ0v) is 17.6. The lowest BCUT2D eigenvalue weighted by Crippen LogP contribution is -2.53. The number of aryl methyl sites for hydroxylation is 2. The van der Waals surface area contributed by atoms with Gasteiger partial charge in [-0.2, -0.15) is 4.98 Å². The Balaban J connectivity index is 1.22. The Morgan fingerprint density at radius 2 is 1.77 bits per heavy atom. The van der Waals surface area contributed by atoms with Crippen LogP contribution in [-0.2, 0) is 11.2 Å². The number of para-hydroxylation sites is 1. The first kappa shape index (κ1) is 19.2. The maximum atomic E-state index is 13.0. The summed E-state index contributed by atoms with van der Waals surface area (Å²) in [4.78, 5) is 29.0. The number of carbonyl (C=O) groups excluding carboxylic acids is 1. The number of amides is 1. The molecule has 3 aliphatic heterocycles. The summed E-state index contributed by atoms with van der Waals surface area (Å²) in [7, 11) is 0. The van der Waals surface area contributed by atoms with Crippen LogP contribution in [0.4, 0.5) is 11.8 Å². The summed E-state index contributed by atoms with van der Waals surface area (Å²) in [6.07, 6.45) is 3.70. The maximum Gasteiger partial charge on any atom is 0.263 e. The van der Waals surface area contributed by atoms with E-state index < -0.39 is 0 Å². The summed E-state index contributed by atoms with van der Waals surface area (Å²) in [5.74, 6) is 2.78. The van der Waals surface area contributed by atoms with Crippen molar-refractivity contribution in [3.63, 3.8) is 0 Å². The van der Waals surface area contributed by atoms with Crippen LogP contribution in [0, 0.1) is 6.92 Å². The van der Waals surface area contributed by atoms with Gasteiger partial charge in [-0.05, 0) is 44.2 Å². The molecule has 0 saturated carbocycles. The van der Waals surface area contributed by atoms with Gasteiger partial charge in [0, 0.05) is 51.0 Å². The molecule has 7 nitrogen and oxygen atoms in total. The zero-order chi connectivity index (χ0) is 20.5. The molecule has 1 amide bonds. The van der Waals surface area contributed by atoms with Crippen LogP contribution in [0.5, 0.6) is 5.75 Å². The van der Waals surface area contributed by atoms with Crippen molar-refractivity contribution in [1.82, 2.24) is 14.9 Å². The highest BCUT2D eigenvalue weighted by atomic mass is 16.5. The van der Waals surface area contributed by atoms with Crippen molar-refractivity contribution < 1.29 is 9.53 Å². The highest BCUT2D eigenvalue weighted by Crippen LogP contribution is 2.28. The molecule has 4 heterocycles. The minimum absolute atomic E-state index is 0.112. The molecule has 0 bridgehead atoms. The second-order valence-electron chi connectivity index (χ2n) is 8.43. The van der Waals surface area contributed by atoms with Crippen molar-refractivity contribution >= 4 is 17.7 Å². The first-order valence-electron chi connectivity index (χ1n) is 11.1. The van der Waals surface area contributed by atoms with Crippen LogP contribution in [0.3, 0.4) is 0 Å². The third-order valence-corrected chi connectivity index (χ3v) is 6.33. The Hall–Kier alpha value is -2.83. The van der Waals surface area contributed by atoms with E-state index in [9.17, 15) is 4.79 Å². The standard InChI is InChI=1S/C23H29N5O2/c1-17-16-21(25-23(24-17)28-10-4-5-11-28)26-12-14-27(15-13-26)22(29)20-9-8-18-6-2-3-7-19(18)30-20/h2-3,6-7,16,20H,4-5,8-15H2,1H3. The number of anilines is 2. The van der Waals surface area contributed by atoms with Crippen molar-refractivity contribution in [1.29, 1.82) is 0 Å². The number of fused-ring (bicyclic) bond motifs is 1. The van der Waals surface area contributed by atoms with Gasteiger partial charge in [0.15, 0.2) is 6.10 Å². The fraction of sp³-hybridized carbons (Fsp3) is 0.522. The summed E-state index contributed by atoms with van der Waals surface area (Å²) in [6.45, 7) is 7.06. The van der Waals surface area contributed by atoms with E-state index in [1.807, 2.05) is 30.0 Å². The van der Waals surface area contributed by atoms with Crippen molar-refractivity contribution in [2.24, 2.45) is 0 Å². The second-order valence-corrected chi connectivity index (χ2v) is 8.43. The molecule has 2 fully saturated rings. The molecule has 2 saturated heterocycles. The summed E-state index contributed by atoms with van der Waals surface area (Å²) in [5.41, 5.74) is 2.19. The highest BCUT2D eigenvalue weighted by Gasteiger charge is 2.32. The molecule has 0 N–H and O–H groups in total. The number of hydrogen-bond donors (Lipinski definition) is 0. The zero-order valence-electron chi connectivity index (χ0n) is 17.6. The Kier molecular flexibility index (Phi) is 5.19. The van der Waals surface area contributed by atoms with Crippen molar-refractivity contribution in [2.45, 2.75) is 38.7 Å². The second kappa shape index (κ2) is 8.13. The van der Waals surface area contributed by atoms with Crippen LogP contribution in [0.15, 0.2) is 30.3 Å². The molecule has 2 aromatic rings. The van der Waals surface area contributed by atoms with E-state index in [-0.39, 0.29) is 12.0 Å². The van der Waals surface area contributed by atoms with Gasteiger partial charge in [-0.3, -0.25) is 4.79 Å². The predicted molar refractivity (Wildman–Crippen MR) is 116 cm³/mol. The van der Waals surface area contributed by atoms with Crippen LogP contribution in [0.25, 0.3) is 0 Å². The van der Waals surface area contributed by atoms with E-state index in [2.05, 4.69) is 26.9 Å². The van der Waals surface area contributed by atoms with Gasteiger partial charge in [0.05, 0.1) is 0 Å². The Labute approximate surface area is 177 Å². The minimum Gasteiger partial charge on any atom is -0.480 e. The van der Waals surface area contributed by atoms with E-state index >= 15 is 0 Å². The van der Waals surface area contributed by atoms with E-state index in [4.69, 9.17) is 9.72 Å². The lowest BCUT2D eigenvalue weighted by atomic mass is 10.0. The smallest absolute Gasteiger partial charge is 0.263 e. The van der Waals surface area contributed by atoms with E-state index in [1.54, 1.807) is 0 Å². The molecule has 5 rings (SSSR count). The fourth-order valence-corrected chi connectivity index (χ4v) is 4.61. The lowest BCUT2D eigenvalue weighted by molar-refractivity contribution is -0.139. The topological polar surface area (TPSA) is 61.8 Å². The average Bonchev–Trinajstić information content (AvgIpc) is 3.33. The van der Waals surface area contributed by atoms with E-state index in [1.165, 1.54) is 18.4 Å². The van der Waals surface area contributed by atoms with Crippen molar-refractivity contribution in [3.05, 3.63) is 41.6 Å². The monoisotopic (exact) mass is 407 g/mol. The molecule has 1 unspecified atom stereocenters. The summed E-state index contributed by atoms with van der Waals surface area (Å²) in [5, 5.41) is 0. The molecular formula is C23H29N5O2. The molecular weight excluding hydrogens is 378 g/mol. The van der Waals surface area contributed by atoms with Gasteiger partial charge in [-0.1, -0.05) is 18.2 Å². The van der Waals surface area contributed by atoms with Crippen LogP contribution < -0.4 is 14.5 Å². The first-order valence-corrected chi connectivity index (χ1v) is 11.1. The van der Waals surface area contributed by atoms with Crippen LogP contribution in [0.2, 0.25) is 0 Å². The molecule has 1 aromatic carbocycles. The molecule has 0 radical (unpaired) electrons. The molecule has 1 atom stereocenters. The number of nitrogens with zero attached hydrogens (tertiary/aromatic N) is 5. The molecule has 158 valence electrons. The van der Waals surface area contributed by atoms with Gasteiger partial charge >= 0.3 is 0 Å². The van der Waals surface area contributed by atoms with E-state index in [0.29, 0.717) is 13.1 Å². The molecule has 0 spiro atoms. The Morgan fingerprint density at radius 1 is 1.00 bits per heavy atom. The largest absolute Gasteiger partial charge is 0.480 e. The Morgan fingerprint density at radius 3 is 2.57 bits per heavy atom. The maximum absolute atomic E-state index is 13.0. The number of carbonyl (C=O) groups is 1. The van der Waals surface area contributed by atoms with Crippen LogP contribution in [-0.4, -0.2) is 66.1 Å². The molecule has 30 heavy (non-hydrogen) atoms. The summed E-state index contributed by atoms with van der Waals surface area (Å²) >= 11 is 0. The van der Waals surface area contributed by atoms with Gasteiger partial charge in [-0.15, -0.1) is 0 Å². The van der Waals surface area contributed by atoms with Crippen molar-refractivity contribution in [3.8, 4) is 5.75 Å². The van der Waals surface area contributed by atoms with Gasteiger partial charge in [0.25, 0.3) is 5.91 Å². The van der Waals surface area contributed by atoms with Crippen molar-refractivity contribution in [2.75, 3.05) is 49.1 Å². The summed E-state index contributed by atoms with van der Waals surface area (Å²) in [6, 6.07) is 10.1. The number of benzene rings is 1. The number of aromatic nitrogens is 2. The SMILES string of the molecule is Cc1cc(N2CCN(C(=O)C3CCc4ccccc4O3)CC2)nc(N2CCCC2)n1. The third kappa shape index (κ3) is 3.80.